The number of ether oxygens (including phenoxy) is 2. The molecule has 0 unspecified atom stereocenters. The Kier molecular flexibility index (Phi) is 2.91. The summed E-state index contributed by atoms with van der Waals surface area (Å²) in [4.78, 5) is 23.7. The van der Waals surface area contributed by atoms with E-state index in [2.05, 4.69) is 0 Å². The molecular formula is C12H15FO4. The Bertz CT molecular complexity index is 397. The minimum atomic E-state index is -1.56. The molecule has 0 saturated heterocycles. The van der Waals surface area contributed by atoms with E-state index in [1.807, 2.05) is 0 Å². The molecule has 0 spiro atoms. The normalized spacial score (nSPS) is 34.7. The largest absolute Gasteiger partial charge is 0.346 e. The topological polar surface area (TPSA) is 52.6 Å². The van der Waals surface area contributed by atoms with Crippen LogP contribution in [0.5, 0.6) is 0 Å². The number of fused-ring (bicyclic) bond motifs is 2. The lowest BCUT2D eigenvalue weighted by Gasteiger charge is -2.47. The number of methoxy groups -OCH3 is 2. The van der Waals surface area contributed by atoms with Crippen LogP contribution in [0.4, 0.5) is 4.39 Å². The summed E-state index contributed by atoms with van der Waals surface area (Å²) in [5.74, 6) is -4.48. The number of hydrogen-bond donors (Lipinski definition) is 0. The van der Waals surface area contributed by atoms with Gasteiger partial charge in [0.15, 0.2) is 5.78 Å². The summed E-state index contributed by atoms with van der Waals surface area (Å²) in [6.07, 6.45) is 1.49. The zero-order valence-electron chi connectivity index (χ0n) is 10.0. The molecule has 0 aliphatic heterocycles. The van der Waals surface area contributed by atoms with E-state index in [0.29, 0.717) is 0 Å². The molecule has 4 nitrogen and oxygen atoms in total. The van der Waals surface area contributed by atoms with Gasteiger partial charge in [-0.3, -0.25) is 9.59 Å². The average Bonchev–Trinajstić information content (AvgIpc) is 2.31. The maximum Gasteiger partial charge on any atom is 0.238 e. The second kappa shape index (κ2) is 3.99. The predicted molar refractivity (Wildman–Crippen MR) is 56.7 cm³/mol. The van der Waals surface area contributed by atoms with Gasteiger partial charge in [-0.05, 0) is 19.4 Å². The molecule has 2 bridgehead atoms. The van der Waals surface area contributed by atoms with E-state index in [4.69, 9.17) is 9.47 Å². The molecule has 0 N–H and O–H groups in total. The minimum absolute atomic E-state index is 0.0992. The summed E-state index contributed by atoms with van der Waals surface area (Å²) < 4.78 is 24.0. The molecule has 0 amide bonds. The fourth-order valence-electron chi connectivity index (χ4n) is 2.90. The molecule has 0 heterocycles. The third kappa shape index (κ3) is 1.49. The highest BCUT2D eigenvalue weighted by Gasteiger charge is 2.61. The quantitative estimate of drug-likeness (QED) is 0.699. The van der Waals surface area contributed by atoms with E-state index in [9.17, 15) is 14.0 Å². The summed E-state index contributed by atoms with van der Waals surface area (Å²) in [5.41, 5.74) is 0. The van der Waals surface area contributed by atoms with Crippen molar-refractivity contribution in [1.29, 1.82) is 0 Å². The van der Waals surface area contributed by atoms with Gasteiger partial charge in [-0.2, -0.15) is 0 Å². The van der Waals surface area contributed by atoms with Crippen molar-refractivity contribution < 1.29 is 23.5 Å². The smallest absolute Gasteiger partial charge is 0.238 e. The molecule has 3 rings (SSSR count). The van der Waals surface area contributed by atoms with Crippen LogP contribution in [-0.2, 0) is 19.1 Å². The first kappa shape index (κ1) is 12.4. The van der Waals surface area contributed by atoms with Crippen LogP contribution in [-0.4, -0.2) is 31.6 Å². The number of allylic oxidation sites excluding steroid dienone is 1. The van der Waals surface area contributed by atoms with Crippen molar-refractivity contribution in [3.8, 4) is 0 Å². The highest BCUT2D eigenvalue weighted by Crippen LogP contribution is 2.50. The summed E-state index contributed by atoms with van der Waals surface area (Å²) in [5, 5.41) is 0. The molecule has 0 aromatic heterocycles. The third-order valence-electron chi connectivity index (χ3n) is 3.83. The van der Waals surface area contributed by atoms with Gasteiger partial charge in [-0.15, -0.1) is 0 Å². The van der Waals surface area contributed by atoms with E-state index < -0.39 is 29.4 Å². The van der Waals surface area contributed by atoms with Crippen LogP contribution in [0.2, 0.25) is 0 Å². The molecule has 3 aliphatic carbocycles. The van der Waals surface area contributed by atoms with E-state index in [1.165, 1.54) is 27.2 Å². The molecule has 3 aliphatic rings. The lowest BCUT2D eigenvalue weighted by atomic mass is 9.63. The van der Waals surface area contributed by atoms with Gasteiger partial charge in [0.1, 0.15) is 11.6 Å². The van der Waals surface area contributed by atoms with E-state index in [1.54, 1.807) is 0 Å². The van der Waals surface area contributed by atoms with Gasteiger partial charge in [0.2, 0.25) is 5.79 Å². The lowest BCUT2D eigenvalue weighted by Crippen LogP contribution is -2.60. The van der Waals surface area contributed by atoms with E-state index in [-0.39, 0.29) is 18.0 Å². The van der Waals surface area contributed by atoms with Gasteiger partial charge in [0.05, 0.1) is 11.8 Å². The highest BCUT2D eigenvalue weighted by atomic mass is 19.1. The Morgan fingerprint density at radius 1 is 1.47 bits per heavy atom. The molecular weight excluding hydrogens is 227 g/mol. The van der Waals surface area contributed by atoms with Crippen molar-refractivity contribution >= 4 is 11.6 Å². The average molecular weight is 242 g/mol. The molecule has 17 heavy (non-hydrogen) atoms. The summed E-state index contributed by atoms with van der Waals surface area (Å²) >= 11 is 0. The van der Waals surface area contributed by atoms with Crippen LogP contribution in [0, 0.1) is 17.8 Å². The number of carbonyl (C=O) groups excluding carboxylic acids is 2. The Balaban J connectivity index is 2.47. The first-order valence-electron chi connectivity index (χ1n) is 5.50. The van der Waals surface area contributed by atoms with Gasteiger partial charge in [-0.25, -0.2) is 4.39 Å². The Morgan fingerprint density at radius 2 is 2.06 bits per heavy atom. The van der Waals surface area contributed by atoms with E-state index >= 15 is 0 Å². The molecule has 0 radical (unpaired) electrons. The van der Waals surface area contributed by atoms with Gasteiger partial charge >= 0.3 is 0 Å². The van der Waals surface area contributed by atoms with Crippen molar-refractivity contribution in [2.45, 2.75) is 19.1 Å². The van der Waals surface area contributed by atoms with Gasteiger partial charge in [0.25, 0.3) is 0 Å². The van der Waals surface area contributed by atoms with Crippen LogP contribution >= 0.6 is 0 Å². The van der Waals surface area contributed by atoms with Crippen LogP contribution < -0.4 is 0 Å². The first-order chi connectivity index (χ1) is 7.97. The fourth-order valence-corrected chi connectivity index (χ4v) is 2.90. The zero-order valence-corrected chi connectivity index (χ0v) is 10.0. The SMILES string of the molecule is COC1(OC)C(=O)[C@H]2C=C(F)[C@@H]1C[C@@H]2C(C)=O. The molecule has 94 valence electrons. The summed E-state index contributed by atoms with van der Waals surface area (Å²) in [6, 6.07) is 0. The summed E-state index contributed by atoms with van der Waals surface area (Å²) in [6.45, 7) is 1.42. The Labute approximate surface area is 98.8 Å². The second-order valence-electron chi connectivity index (χ2n) is 4.52. The van der Waals surface area contributed by atoms with E-state index in [0.717, 1.165) is 0 Å². The predicted octanol–water partition coefficient (Wildman–Crippen LogP) is 1.25. The lowest BCUT2D eigenvalue weighted by molar-refractivity contribution is -0.244. The van der Waals surface area contributed by atoms with Crippen molar-refractivity contribution in [1.82, 2.24) is 0 Å². The molecule has 0 aromatic rings. The van der Waals surface area contributed by atoms with Crippen LogP contribution in [0.25, 0.3) is 0 Å². The van der Waals surface area contributed by atoms with Crippen molar-refractivity contribution in [2.75, 3.05) is 14.2 Å². The molecule has 1 saturated carbocycles. The minimum Gasteiger partial charge on any atom is -0.346 e. The Morgan fingerprint density at radius 3 is 2.53 bits per heavy atom. The number of hydrogen-bond acceptors (Lipinski definition) is 4. The summed E-state index contributed by atoms with van der Waals surface area (Å²) in [7, 11) is 2.64. The highest BCUT2D eigenvalue weighted by molar-refractivity contribution is 5.97. The molecule has 5 heteroatoms. The number of halogens is 1. The van der Waals surface area contributed by atoms with Gasteiger partial charge in [0, 0.05) is 20.1 Å². The monoisotopic (exact) mass is 242 g/mol. The zero-order chi connectivity index (χ0) is 12.8. The Hall–Kier alpha value is -1.07. The number of ketones is 2. The van der Waals surface area contributed by atoms with Gasteiger partial charge < -0.3 is 9.47 Å². The standard InChI is InChI=1S/C12H15FO4/c1-6(14)7-4-9-10(13)5-8(7)11(15)12(9,16-2)17-3/h5,7-9H,4H2,1-3H3/t7-,8+,9+/m1/s1. The molecule has 0 aromatic carbocycles. The third-order valence-corrected chi connectivity index (χ3v) is 3.83. The molecule has 3 atom stereocenters. The number of carbonyl (C=O) groups is 2. The fraction of sp³-hybridized carbons (Fsp3) is 0.667. The second-order valence-corrected chi connectivity index (χ2v) is 4.52. The van der Waals surface area contributed by atoms with Gasteiger partial charge in [-0.1, -0.05) is 0 Å². The van der Waals surface area contributed by atoms with Crippen molar-refractivity contribution in [3.63, 3.8) is 0 Å². The number of rotatable bonds is 3. The first-order valence-corrected chi connectivity index (χ1v) is 5.50. The van der Waals surface area contributed by atoms with Crippen molar-refractivity contribution in [3.05, 3.63) is 11.9 Å². The molecule has 1 fully saturated rings. The maximum atomic E-state index is 13.8. The van der Waals surface area contributed by atoms with Crippen LogP contribution in [0.15, 0.2) is 11.9 Å². The van der Waals surface area contributed by atoms with Crippen molar-refractivity contribution in [2.24, 2.45) is 17.8 Å². The van der Waals surface area contributed by atoms with Crippen LogP contribution in [0.3, 0.4) is 0 Å². The number of Topliss-reactive ketones (excluding diaryl/α,β-unsaturated/α-hetero) is 2. The van der Waals surface area contributed by atoms with Crippen LogP contribution in [0.1, 0.15) is 13.3 Å². The maximum absolute atomic E-state index is 13.8.